The Morgan fingerprint density at radius 2 is 2.06 bits per heavy atom. The number of benzene rings is 1. The quantitative estimate of drug-likeness (QED) is 0.596. The van der Waals surface area contributed by atoms with Crippen molar-refractivity contribution in [2.24, 2.45) is 11.8 Å². The number of allylic oxidation sites excluding steroid dienone is 1. The minimum Gasteiger partial charge on any atom is -0.451 e. The number of pyridine rings is 1. The Bertz CT molecular complexity index is 1360. The monoisotopic (exact) mass is 486 g/mol. The number of carbonyl (C=O) groups excluding carboxylic acids is 1. The van der Waals surface area contributed by atoms with Crippen molar-refractivity contribution < 1.29 is 14.3 Å². The fourth-order valence-corrected chi connectivity index (χ4v) is 6.44. The number of carbonyl (C=O) groups is 1. The van der Waals surface area contributed by atoms with E-state index in [4.69, 9.17) is 4.42 Å². The molecule has 0 saturated carbocycles. The predicted octanol–water partition coefficient (Wildman–Crippen LogP) is 2.62. The first kappa shape index (κ1) is 22.9. The largest absolute Gasteiger partial charge is 0.451 e. The van der Waals surface area contributed by atoms with Crippen molar-refractivity contribution >= 4 is 12.0 Å². The first-order valence-electron chi connectivity index (χ1n) is 12.6. The number of rotatable bonds is 5. The summed E-state index contributed by atoms with van der Waals surface area (Å²) in [5.74, 6) is -0.714. The number of amides is 1. The molecule has 186 valence electrons. The lowest BCUT2D eigenvalue weighted by Crippen LogP contribution is -2.46. The molecule has 1 aromatic carbocycles. The Balaban J connectivity index is 1.42. The average Bonchev–Trinajstić information content (AvgIpc) is 3.48. The van der Waals surface area contributed by atoms with Crippen molar-refractivity contribution in [3.8, 4) is 0 Å². The molecule has 1 N–H and O–H groups in total. The highest BCUT2D eigenvalue weighted by Gasteiger charge is 2.56. The Kier molecular flexibility index (Phi) is 5.85. The number of hydrogen-bond donors (Lipinski definition) is 1. The molecule has 8 heteroatoms. The zero-order chi connectivity index (χ0) is 24.8. The fraction of sp³-hybridized carbons (Fsp3) is 0.393. The summed E-state index contributed by atoms with van der Waals surface area (Å²) in [6, 6.07) is 11.6. The Labute approximate surface area is 209 Å². The first-order chi connectivity index (χ1) is 17.6. The number of hydrogen-bond acceptors (Lipinski definition) is 6. The highest BCUT2D eigenvalue weighted by atomic mass is 16.3. The van der Waals surface area contributed by atoms with Crippen molar-refractivity contribution in [3.05, 3.63) is 93.6 Å². The summed E-state index contributed by atoms with van der Waals surface area (Å²) in [5, 5.41) is 10.6. The van der Waals surface area contributed by atoms with Gasteiger partial charge in [-0.05, 0) is 36.6 Å². The maximum atomic E-state index is 14.2. The lowest BCUT2D eigenvalue weighted by molar-refractivity contribution is -0.139. The zero-order valence-electron chi connectivity index (χ0n) is 20.3. The molecule has 0 aliphatic carbocycles. The normalized spacial score (nSPS) is 25.2. The molecule has 2 aromatic heterocycles. The van der Waals surface area contributed by atoms with E-state index in [1.807, 2.05) is 52.8 Å². The molecule has 5 heterocycles. The fourth-order valence-electron chi connectivity index (χ4n) is 6.44. The SMILES string of the molecule is C/C=C\c1ccc2n(c1=O)C[C@@H]1[C@@H](CO)[C@H](C(=O)N3CCc4ccccc4C3)[C@H]2N1Cc1cocn1. The lowest BCUT2D eigenvalue weighted by Gasteiger charge is -2.38. The summed E-state index contributed by atoms with van der Waals surface area (Å²) in [6.07, 6.45) is 7.51. The molecular formula is C28H30N4O4. The van der Waals surface area contributed by atoms with Gasteiger partial charge in [-0.1, -0.05) is 36.4 Å². The van der Waals surface area contributed by atoms with Crippen molar-refractivity contribution in [2.75, 3.05) is 13.2 Å². The first-order valence-corrected chi connectivity index (χ1v) is 12.6. The van der Waals surface area contributed by atoms with Gasteiger partial charge in [-0.3, -0.25) is 14.5 Å². The van der Waals surface area contributed by atoms with Crippen molar-refractivity contribution in [3.63, 3.8) is 0 Å². The van der Waals surface area contributed by atoms with Crippen molar-refractivity contribution in [2.45, 2.75) is 45.1 Å². The van der Waals surface area contributed by atoms with Crippen LogP contribution in [-0.2, 0) is 30.8 Å². The number of fused-ring (bicyclic) bond motifs is 5. The minimum absolute atomic E-state index is 0.0413. The van der Waals surface area contributed by atoms with Crippen LogP contribution in [0.1, 0.15) is 41.0 Å². The third-order valence-electron chi connectivity index (χ3n) is 8.10. The number of aliphatic hydroxyl groups excluding tert-OH is 1. The summed E-state index contributed by atoms with van der Waals surface area (Å²) in [5.41, 5.74) is 4.61. The van der Waals surface area contributed by atoms with Gasteiger partial charge >= 0.3 is 0 Å². The molecule has 3 aliphatic heterocycles. The van der Waals surface area contributed by atoms with Crippen LogP contribution >= 0.6 is 0 Å². The maximum absolute atomic E-state index is 14.2. The molecule has 4 atom stereocenters. The predicted molar refractivity (Wildman–Crippen MR) is 134 cm³/mol. The van der Waals surface area contributed by atoms with E-state index >= 15 is 0 Å². The third kappa shape index (κ3) is 3.63. The van der Waals surface area contributed by atoms with E-state index in [0.717, 1.165) is 17.8 Å². The van der Waals surface area contributed by atoms with E-state index in [0.29, 0.717) is 31.7 Å². The molecule has 1 amide bonds. The van der Waals surface area contributed by atoms with Crippen molar-refractivity contribution in [1.29, 1.82) is 0 Å². The molecular weight excluding hydrogens is 456 g/mol. The summed E-state index contributed by atoms with van der Waals surface area (Å²) >= 11 is 0. The minimum atomic E-state index is -0.460. The summed E-state index contributed by atoms with van der Waals surface area (Å²) in [7, 11) is 0. The molecule has 0 spiro atoms. The van der Waals surface area contributed by atoms with Gasteiger partial charge in [0.25, 0.3) is 5.56 Å². The van der Waals surface area contributed by atoms with Crippen LogP contribution in [0.3, 0.4) is 0 Å². The van der Waals surface area contributed by atoms with Crippen LogP contribution in [0.5, 0.6) is 0 Å². The molecule has 3 aromatic rings. The van der Waals surface area contributed by atoms with E-state index in [-0.39, 0.29) is 36.1 Å². The lowest BCUT2D eigenvalue weighted by atomic mass is 9.85. The Morgan fingerprint density at radius 1 is 1.22 bits per heavy atom. The van der Waals surface area contributed by atoms with Crippen LogP contribution in [0, 0.1) is 11.8 Å². The van der Waals surface area contributed by atoms with Gasteiger partial charge in [-0.25, -0.2) is 4.98 Å². The van der Waals surface area contributed by atoms with Crippen LogP contribution in [-0.4, -0.2) is 49.6 Å². The second-order valence-corrected chi connectivity index (χ2v) is 9.94. The highest BCUT2D eigenvalue weighted by Crippen LogP contribution is 2.49. The van der Waals surface area contributed by atoms with E-state index in [9.17, 15) is 14.7 Å². The molecule has 2 bridgehead atoms. The number of aromatic nitrogens is 2. The van der Waals surface area contributed by atoms with Crippen LogP contribution in [0.15, 0.2) is 64.3 Å². The molecule has 1 saturated heterocycles. The van der Waals surface area contributed by atoms with Gasteiger partial charge in [-0.2, -0.15) is 0 Å². The maximum Gasteiger partial charge on any atom is 0.258 e. The van der Waals surface area contributed by atoms with Crippen LogP contribution in [0.2, 0.25) is 0 Å². The Morgan fingerprint density at radius 3 is 2.81 bits per heavy atom. The summed E-state index contributed by atoms with van der Waals surface area (Å²) < 4.78 is 7.02. The molecule has 0 radical (unpaired) electrons. The zero-order valence-corrected chi connectivity index (χ0v) is 20.3. The molecule has 8 nitrogen and oxygen atoms in total. The topological polar surface area (TPSA) is 91.8 Å². The van der Waals surface area contributed by atoms with E-state index in [2.05, 4.69) is 22.0 Å². The van der Waals surface area contributed by atoms with E-state index in [1.165, 1.54) is 17.5 Å². The van der Waals surface area contributed by atoms with E-state index in [1.54, 1.807) is 6.26 Å². The molecule has 0 unspecified atom stereocenters. The second kappa shape index (κ2) is 9.19. The van der Waals surface area contributed by atoms with Crippen LogP contribution in [0.4, 0.5) is 0 Å². The second-order valence-electron chi connectivity index (χ2n) is 9.94. The van der Waals surface area contributed by atoms with Gasteiger partial charge in [0, 0.05) is 56.0 Å². The Hall–Kier alpha value is -3.49. The van der Waals surface area contributed by atoms with Gasteiger partial charge in [0.15, 0.2) is 6.39 Å². The van der Waals surface area contributed by atoms with Gasteiger partial charge in [0.2, 0.25) is 5.91 Å². The van der Waals surface area contributed by atoms with Crippen molar-refractivity contribution in [1.82, 2.24) is 19.4 Å². The van der Waals surface area contributed by atoms with Crippen LogP contribution < -0.4 is 5.56 Å². The summed E-state index contributed by atoms with van der Waals surface area (Å²) in [4.78, 5) is 36.0. The number of nitrogens with zero attached hydrogens (tertiary/aromatic N) is 4. The number of oxazole rings is 1. The smallest absolute Gasteiger partial charge is 0.258 e. The van der Waals surface area contributed by atoms with Gasteiger partial charge in [0.05, 0.1) is 17.7 Å². The molecule has 3 aliphatic rings. The highest BCUT2D eigenvalue weighted by molar-refractivity contribution is 5.81. The standard InChI is InChI=1S/C28H30N4O4/c1-2-5-19-8-9-23-26-25(28(35)30-11-10-18-6-3-4-7-20(18)12-30)22(15-33)24(14-32(23)27(19)34)31(26)13-21-16-36-17-29-21/h2-9,16-17,22,24-26,33H,10-15H2,1H3/b5-2-/t22-,24-,25+,26+/m1/s1. The molecule has 36 heavy (non-hydrogen) atoms. The summed E-state index contributed by atoms with van der Waals surface area (Å²) in [6.45, 7) is 3.89. The van der Waals surface area contributed by atoms with Gasteiger partial charge < -0.3 is 19.0 Å². The number of aliphatic hydroxyl groups is 1. The van der Waals surface area contributed by atoms with E-state index < -0.39 is 5.92 Å². The average molecular weight is 487 g/mol. The molecule has 1 fully saturated rings. The molecule has 6 rings (SSSR count). The third-order valence-corrected chi connectivity index (χ3v) is 8.10. The van der Waals surface area contributed by atoms with Gasteiger partial charge in [0.1, 0.15) is 6.26 Å². The van der Waals surface area contributed by atoms with Crippen LogP contribution in [0.25, 0.3) is 6.08 Å². The van der Waals surface area contributed by atoms with Gasteiger partial charge in [-0.15, -0.1) is 0 Å².